The van der Waals surface area contributed by atoms with Gasteiger partial charge in [-0.25, -0.2) is 4.39 Å². The van der Waals surface area contributed by atoms with E-state index >= 15 is 0 Å². The van der Waals surface area contributed by atoms with Gasteiger partial charge in [0.25, 0.3) is 0 Å². The lowest BCUT2D eigenvalue weighted by Gasteiger charge is -2.35. The second-order valence-corrected chi connectivity index (χ2v) is 7.56. The summed E-state index contributed by atoms with van der Waals surface area (Å²) in [7, 11) is 0. The van der Waals surface area contributed by atoms with E-state index in [-0.39, 0.29) is 30.2 Å². The topological polar surface area (TPSA) is 56.1 Å². The molecule has 1 aliphatic rings. The molecule has 2 aromatic carbocycles. The van der Waals surface area contributed by atoms with E-state index in [1.54, 1.807) is 11.8 Å². The Bertz CT molecular complexity index is 1000. The Balaban J connectivity index is 1.72. The summed E-state index contributed by atoms with van der Waals surface area (Å²) in [5.74, 6) is -0.961. The Kier molecular flexibility index (Phi) is 5.85. The highest BCUT2D eigenvalue weighted by atomic mass is 79.9. The van der Waals surface area contributed by atoms with Crippen molar-refractivity contribution < 1.29 is 22.4 Å². The fraction of sp³-hybridized carbons (Fsp3) is 0.300. The van der Waals surface area contributed by atoms with Crippen LogP contribution < -0.4 is 5.32 Å². The van der Waals surface area contributed by atoms with Crippen LogP contribution in [0.4, 0.5) is 23.2 Å². The summed E-state index contributed by atoms with van der Waals surface area (Å²) in [5.41, 5.74) is 0.756. The number of nitrogens with one attached hydrogen (secondary N) is 1. The number of hydrogen-bond acceptors (Lipinski definition) is 3. The molecule has 0 unspecified atom stereocenters. The first-order valence-electron chi connectivity index (χ1n) is 8.74. The molecule has 0 aromatic heterocycles. The molecule has 0 bridgehead atoms. The highest BCUT2D eigenvalue weighted by Gasteiger charge is 2.33. The molecule has 4 nitrogen and oxygen atoms in total. The van der Waals surface area contributed by atoms with Gasteiger partial charge in [0.1, 0.15) is 11.9 Å². The first kappa shape index (κ1) is 21.1. The van der Waals surface area contributed by atoms with Crippen molar-refractivity contribution in [3.63, 3.8) is 0 Å². The molecular formula is C20H16BrF4N3O. The molecule has 0 spiro atoms. The van der Waals surface area contributed by atoms with Gasteiger partial charge >= 0.3 is 6.18 Å². The zero-order valence-electron chi connectivity index (χ0n) is 15.3. The third-order valence-electron chi connectivity index (χ3n) is 4.94. The van der Waals surface area contributed by atoms with Crippen molar-refractivity contribution in [3.8, 4) is 6.07 Å². The van der Waals surface area contributed by atoms with Crippen LogP contribution in [0.2, 0.25) is 0 Å². The van der Waals surface area contributed by atoms with Crippen LogP contribution in [-0.2, 0) is 17.4 Å². The van der Waals surface area contributed by atoms with E-state index < -0.39 is 23.6 Å². The standard InChI is InChI=1S/C20H16BrF4N3O/c1-11-15-3-2-14(20(23,24)25)6-12(15)4-5-28(11)19(29)10-27-18-8-16(21)13(9-26)7-17(18)22/h2-3,6-8,11,27H,4-5,10H2,1H3/t11-/m0/s1. The van der Waals surface area contributed by atoms with Crippen molar-refractivity contribution in [2.24, 2.45) is 0 Å². The molecule has 1 heterocycles. The summed E-state index contributed by atoms with van der Waals surface area (Å²) in [6.07, 6.45) is -4.10. The van der Waals surface area contributed by atoms with Crippen LogP contribution in [0.1, 0.15) is 35.2 Å². The van der Waals surface area contributed by atoms with Crippen molar-refractivity contribution in [2.75, 3.05) is 18.4 Å². The molecule has 0 radical (unpaired) electrons. The van der Waals surface area contributed by atoms with Crippen molar-refractivity contribution in [1.29, 1.82) is 5.26 Å². The minimum absolute atomic E-state index is 0.0732. The van der Waals surface area contributed by atoms with Crippen LogP contribution in [0.15, 0.2) is 34.8 Å². The van der Waals surface area contributed by atoms with Gasteiger partial charge in [-0.2, -0.15) is 18.4 Å². The van der Waals surface area contributed by atoms with Crippen molar-refractivity contribution in [1.82, 2.24) is 4.90 Å². The van der Waals surface area contributed by atoms with E-state index in [0.29, 0.717) is 22.0 Å². The molecule has 0 saturated carbocycles. The fourth-order valence-electron chi connectivity index (χ4n) is 3.39. The third-order valence-corrected chi connectivity index (χ3v) is 5.59. The number of carbonyl (C=O) groups excluding carboxylic acids is 1. The summed E-state index contributed by atoms with van der Waals surface area (Å²) in [4.78, 5) is 14.2. The van der Waals surface area contributed by atoms with Gasteiger partial charge in [-0.1, -0.05) is 6.07 Å². The first-order valence-corrected chi connectivity index (χ1v) is 9.53. The van der Waals surface area contributed by atoms with Crippen LogP contribution in [0, 0.1) is 17.1 Å². The van der Waals surface area contributed by atoms with E-state index in [1.807, 2.05) is 6.07 Å². The predicted octanol–water partition coefficient (Wildman–Crippen LogP) is 5.04. The number of carbonyl (C=O) groups is 1. The van der Waals surface area contributed by atoms with Crippen LogP contribution in [0.3, 0.4) is 0 Å². The van der Waals surface area contributed by atoms with E-state index in [1.165, 1.54) is 12.1 Å². The average Bonchev–Trinajstić information content (AvgIpc) is 2.67. The van der Waals surface area contributed by atoms with E-state index in [4.69, 9.17) is 5.26 Å². The molecule has 0 fully saturated rings. The smallest absolute Gasteiger partial charge is 0.374 e. The van der Waals surface area contributed by atoms with E-state index in [0.717, 1.165) is 18.2 Å². The van der Waals surface area contributed by atoms with Crippen LogP contribution >= 0.6 is 15.9 Å². The number of nitriles is 1. The molecule has 1 amide bonds. The molecule has 9 heteroatoms. The lowest BCUT2D eigenvalue weighted by molar-refractivity contribution is -0.138. The van der Waals surface area contributed by atoms with Gasteiger partial charge < -0.3 is 10.2 Å². The lowest BCUT2D eigenvalue weighted by atomic mass is 9.91. The monoisotopic (exact) mass is 469 g/mol. The molecule has 1 N–H and O–H groups in total. The minimum atomic E-state index is -4.41. The molecule has 152 valence electrons. The number of nitrogens with zero attached hydrogens (tertiary/aromatic N) is 2. The molecule has 0 saturated heterocycles. The SMILES string of the molecule is C[C@H]1c2ccc(C(F)(F)F)cc2CCN1C(=O)CNc1cc(Br)c(C#N)cc1F. The fourth-order valence-corrected chi connectivity index (χ4v) is 3.82. The Morgan fingerprint density at radius 2 is 2.07 bits per heavy atom. The zero-order valence-corrected chi connectivity index (χ0v) is 16.9. The van der Waals surface area contributed by atoms with Crippen molar-refractivity contribution >= 4 is 27.5 Å². The maximum Gasteiger partial charge on any atom is 0.416 e. The highest BCUT2D eigenvalue weighted by molar-refractivity contribution is 9.10. The van der Waals surface area contributed by atoms with Crippen LogP contribution in [0.5, 0.6) is 0 Å². The molecule has 3 rings (SSSR count). The average molecular weight is 470 g/mol. The van der Waals surface area contributed by atoms with Crippen molar-refractivity contribution in [3.05, 3.63) is 62.9 Å². The maximum atomic E-state index is 14.1. The van der Waals surface area contributed by atoms with Gasteiger partial charge in [0.2, 0.25) is 5.91 Å². The Morgan fingerprint density at radius 1 is 1.34 bits per heavy atom. The summed E-state index contributed by atoms with van der Waals surface area (Å²) in [6, 6.07) is 7.46. The third kappa shape index (κ3) is 4.37. The molecule has 0 aliphatic carbocycles. The van der Waals surface area contributed by atoms with Gasteiger partial charge in [-0.3, -0.25) is 4.79 Å². The second-order valence-electron chi connectivity index (χ2n) is 6.70. The van der Waals surface area contributed by atoms with E-state index in [2.05, 4.69) is 21.2 Å². The van der Waals surface area contributed by atoms with Gasteiger partial charge in [0.15, 0.2) is 0 Å². The minimum Gasteiger partial charge on any atom is -0.374 e. The molecular weight excluding hydrogens is 454 g/mol. The largest absolute Gasteiger partial charge is 0.416 e. The van der Waals surface area contributed by atoms with Gasteiger partial charge in [0.05, 0.1) is 29.4 Å². The Labute approximate surface area is 173 Å². The number of alkyl halides is 3. The maximum absolute atomic E-state index is 14.1. The number of fused-ring (bicyclic) bond motifs is 1. The first-order chi connectivity index (χ1) is 13.6. The molecule has 2 aromatic rings. The summed E-state index contributed by atoms with van der Waals surface area (Å²) in [6.45, 7) is 1.84. The summed E-state index contributed by atoms with van der Waals surface area (Å²) in [5, 5.41) is 11.6. The number of halogens is 5. The Hall–Kier alpha value is -2.60. The van der Waals surface area contributed by atoms with Crippen LogP contribution in [0.25, 0.3) is 0 Å². The van der Waals surface area contributed by atoms with Gasteiger partial charge in [-0.05, 0) is 64.7 Å². The summed E-state index contributed by atoms with van der Waals surface area (Å²) >= 11 is 3.17. The second kappa shape index (κ2) is 8.03. The number of amides is 1. The van der Waals surface area contributed by atoms with Crippen molar-refractivity contribution in [2.45, 2.75) is 25.6 Å². The zero-order chi connectivity index (χ0) is 21.3. The molecule has 29 heavy (non-hydrogen) atoms. The van der Waals surface area contributed by atoms with Gasteiger partial charge in [0, 0.05) is 11.0 Å². The predicted molar refractivity (Wildman–Crippen MR) is 103 cm³/mol. The lowest BCUT2D eigenvalue weighted by Crippen LogP contribution is -2.41. The quantitative estimate of drug-likeness (QED) is 0.640. The van der Waals surface area contributed by atoms with Gasteiger partial charge in [-0.15, -0.1) is 0 Å². The number of anilines is 1. The Morgan fingerprint density at radius 3 is 2.72 bits per heavy atom. The van der Waals surface area contributed by atoms with Crippen LogP contribution in [-0.4, -0.2) is 23.9 Å². The number of benzene rings is 2. The molecule has 1 atom stereocenters. The summed E-state index contributed by atoms with van der Waals surface area (Å²) < 4.78 is 53.2. The number of hydrogen-bond donors (Lipinski definition) is 1. The van der Waals surface area contributed by atoms with E-state index in [9.17, 15) is 22.4 Å². The highest BCUT2D eigenvalue weighted by Crippen LogP contribution is 2.35. The normalized spacial score (nSPS) is 16.2. The molecule has 1 aliphatic heterocycles. The number of rotatable bonds is 3.